The predicted octanol–water partition coefficient (Wildman–Crippen LogP) is 12.6. The number of hydrogen-bond acceptors (Lipinski definition) is 3. The monoisotopic (exact) mass is 674 g/mol. The van der Waals surface area contributed by atoms with Crippen molar-refractivity contribution in [2.75, 3.05) is 0 Å². The number of pyridine rings is 3. The molecule has 0 radical (unpaired) electrons. The highest BCUT2D eigenvalue weighted by atomic mass is 15.0. The van der Waals surface area contributed by atoms with Crippen molar-refractivity contribution in [2.24, 2.45) is 0 Å². The van der Waals surface area contributed by atoms with Gasteiger partial charge in [-0.05, 0) is 59.7 Å². The third-order valence-electron chi connectivity index (χ3n) is 10.6. The number of aromatic nitrogens is 4. The van der Waals surface area contributed by atoms with Gasteiger partial charge in [0.15, 0.2) is 0 Å². The normalized spacial score (nSPS) is 11.8. The molecule has 0 saturated carbocycles. The van der Waals surface area contributed by atoms with Crippen LogP contribution in [0.1, 0.15) is 0 Å². The largest absolute Gasteiger partial charge is 0.309 e. The summed E-state index contributed by atoms with van der Waals surface area (Å²) in [5, 5.41) is 8.15. The molecular weight excluding hydrogens is 645 g/mol. The molecule has 0 aliphatic rings. The Balaban J connectivity index is 1.12. The first-order valence-corrected chi connectivity index (χ1v) is 17.9. The zero-order valence-corrected chi connectivity index (χ0v) is 28.6. The number of para-hydroxylation sites is 2. The van der Waals surface area contributed by atoms with Crippen LogP contribution in [0, 0.1) is 0 Å². The fourth-order valence-electron chi connectivity index (χ4n) is 8.12. The molecule has 0 N–H and O–H groups in total. The molecule has 11 rings (SSSR count). The van der Waals surface area contributed by atoms with E-state index in [0.29, 0.717) is 0 Å². The number of fused-ring (bicyclic) bond motifs is 10. The number of nitrogens with zero attached hydrogens (tertiary/aromatic N) is 4. The summed E-state index contributed by atoms with van der Waals surface area (Å²) in [5.74, 6) is 0. The van der Waals surface area contributed by atoms with Crippen molar-refractivity contribution < 1.29 is 0 Å². The first-order chi connectivity index (χ1) is 26.3. The molecule has 53 heavy (non-hydrogen) atoms. The van der Waals surface area contributed by atoms with Gasteiger partial charge in [-0.25, -0.2) is 9.97 Å². The maximum atomic E-state index is 5.34. The molecule has 0 saturated heterocycles. The van der Waals surface area contributed by atoms with Gasteiger partial charge in [0.2, 0.25) is 0 Å². The first-order valence-electron chi connectivity index (χ1n) is 17.9. The molecule has 0 atom stereocenters. The number of rotatable bonds is 4. The van der Waals surface area contributed by atoms with E-state index in [1.807, 2.05) is 12.3 Å². The van der Waals surface area contributed by atoms with Gasteiger partial charge in [0.25, 0.3) is 0 Å². The molecule has 0 spiro atoms. The summed E-state index contributed by atoms with van der Waals surface area (Å²) in [4.78, 5) is 15.1. The molecule has 0 aliphatic heterocycles. The second kappa shape index (κ2) is 11.7. The Morgan fingerprint density at radius 1 is 0.396 bits per heavy atom. The lowest BCUT2D eigenvalue weighted by atomic mass is 9.94. The Hall–Kier alpha value is -7.17. The Kier molecular flexibility index (Phi) is 6.52. The second-order valence-corrected chi connectivity index (χ2v) is 13.6. The molecule has 0 aliphatic carbocycles. The van der Waals surface area contributed by atoms with Crippen molar-refractivity contribution in [3.63, 3.8) is 0 Å². The maximum absolute atomic E-state index is 5.34. The predicted molar refractivity (Wildman–Crippen MR) is 220 cm³/mol. The van der Waals surface area contributed by atoms with E-state index >= 15 is 0 Å². The molecule has 0 unspecified atom stereocenters. The van der Waals surface area contributed by atoms with Gasteiger partial charge < -0.3 is 4.57 Å². The van der Waals surface area contributed by atoms with E-state index < -0.39 is 0 Å². The molecule has 4 nitrogen and oxygen atoms in total. The van der Waals surface area contributed by atoms with Gasteiger partial charge in [-0.2, -0.15) is 0 Å². The summed E-state index contributed by atoms with van der Waals surface area (Å²) >= 11 is 0. The van der Waals surface area contributed by atoms with E-state index in [9.17, 15) is 0 Å². The summed E-state index contributed by atoms with van der Waals surface area (Å²) in [6, 6.07) is 62.5. The molecule has 4 aromatic heterocycles. The molecule has 11 aromatic rings. The van der Waals surface area contributed by atoms with Crippen LogP contribution in [0.4, 0.5) is 0 Å². The Labute approximate surface area is 305 Å². The van der Waals surface area contributed by atoms with Crippen molar-refractivity contribution in [2.45, 2.75) is 0 Å². The maximum Gasteiger partial charge on any atom is 0.0972 e. The molecular formula is C49H30N4. The summed E-state index contributed by atoms with van der Waals surface area (Å²) in [5.41, 5.74) is 12.7. The summed E-state index contributed by atoms with van der Waals surface area (Å²) < 4.78 is 2.39. The van der Waals surface area contributed by atoms with Crippen LogP contribution < -0.4 is 0 Å². The van der Waals surface area contributed by atoms with Gasteiger partial charge in [-0.3, -0.25) is 4.98 Å². The minimum absolute atomic E-state index is 0.924. The van der Waals surface area contributed by atoms with Gasteiger partial charge in [0.05, 0.1) is 39.0 Å². The molecule has 7 aromatic carbocycles. The van der Waals surface area contributed by atoms with Crippen LogP contribution in [0.5, 0.6) is 0 Å². The quantitative estimate of drug-likeness (QED) is 0.175. The average Bonchev–Trinajstić information content (AvgIpc) is 3.58. The third kappa shape index (κ3) is 4.66. The highest BCUT2D eigenvalue weighted by Gasteiger charge is 2.20. The van der Waals surface area contributed by atoms with E-state index in [2.05, 4.69) is 179 Å². The lowest BCUT2D eigenvalue weighted by Gasteiger charge is -2.14. The fraction of sp³-hybridized carbons (Fsp3) is 0. The van der Waals surface area contributed by atoms with E-state index in [0.717, 1.165) is 77.4 Å². The number of hydrogen-bond donors (Lipinski definition) is 0. The minimum atomic E-state index is 0.924. The van der Waals surface area contributed by atoms with Crippen LogP contribution in [0.15, 0.2) is 182 Å². The summed E-state index contributed by atoms with van der Waals surface area (Å²) in [7, 11) is 0. The van der Waals surface area contributed by atoms with Crippen molar-refractivity contribution in [3.05, 3.63) is 182 Å². The molecule has 0 amide bonds. The van der Waals surface area contributed by atoms with Crippen LogP contribution in [-0.4, -0.2) is 19.5 Å². The SMILES string of the molecule is c1ccc(-c2nc3ccc(-c4ccc(-c5ccc6ccc7cccnc7c6n5)cc4)cc3c3c2ccc2c3c3ccccc3n2-c2ccccc2)cc1. The topological polar surface area (TPSA) is 43.6 Å². The van der Waals surface area contributed by atoms with Crippen LogP contribution in [0.25, 0.3) is 105 Å². The molecule has 0 bridgehead atoms. The van der Waals surface area contributed by atoms with Crippen molar-refractivity contribution in [1.29, 1.82) is 0 Å². The van der Waals surface area contributed by atoms with Crippen LogP contribution in [-0.2, 0) is 0 Å². The van der Waals surface area contributed by atoms with E-state index in [4.69, 9.17) is 9.97 Å². The van der Waals surface area contributed by atoms with Gasteiger partial charge in [-0.15, -0.1) is 0 Å². The summed E-state index contributed by atoms with van der Waals surface area (Å²) in [6.45, 7) is 0. The van der Waals surface area contributed by atoms with Crippen LogP contribution in [0.2, 0.25) is 0 Å². The molecule has 4 heterocycles. The van der Waals surface area contributed by atoms with Gasteiger partial charge in [0, 0.05) is 60.7 Å². The highest BCUT2D eigenvalue weighted by Crippen LogP contribution is 2.43. The van der Waals surface area contributed by atoms with Crippen LogP contribution in [0.3, 0.4) is 0 Å². The Morgan fingerprint density at radius 3 is 1.96 bits per heavy atom. The first kappa shape index (κ1) is 29.5. The van der Waals surface area contributed by atoms with E-state index in [-0.39, 0.29) is 0 Å². The minimum Gasteiger partial charge on any atom is -0.309 e. The van der Waals surface area contributed by atoms with Gasteiger partial charge in [-0.1, -0.05) is 127 Å². The smallest absolute Gasteiger partial charge is 0.0972 e. The average molecular weight is 675 g/mol. The van der Waals surface area contributed by atoms with Crippen molar-refractivity contribution in [1.82, 2.24) is 19.5 Å². The molecule has 4 heteroatoms. The molecule has 0 fully saturated rings. The highest BCUT2D eigenvalue weighted by molar-refractivity contribution is 6.29. The van der Waals surface area contributed by atoms with Crippen molar-refractivity contribution in [3.8, 4) is 39.3 Å². The van der Waals surface area contributed by atoms with E-state index in [1.165, 1.54) is 27.2 Å². The fourth-order valence-corrected chi connectivity index (χ4v) is 8.12. The van der Waals surface area contributed by atoms with Crippen LogP contribution >= 0.6 is 0 Å². The number of benzene rings is 7. The zero-order chi connectivity index (χ0) is 34.9. The Bertz CT molecular complexity index is 3200. The lowest BCUT2D eigenvalue weighted by molar-refractivity contribution is 1.18. The zero-order valence-electron chi connectivity index (χ0n) is 28.6. The molecule has 246 valence electrons. The van der Waals surface area contributed by atoms with E-state index in [1.54, 1.807) is 0 Å². The standard InChI is InChI=1S/C49H30N4/c1-3-10-33(11-4-1)47-39-25-28-44-46(38-15-7-8-16-43(38)53(44)37-13-5-2-6-14-37)45(39)40-30-36(24-27-42(40)52-47)31-17-19-32(20-18-31)41-26-23-35-22-21-34-12-9-29-50-48(34)49(35)51-41/h1-30H. The summed E-state index contributed by atoms with van der Waals surface area (Å²) in [6.07, 6.45) is 1.84. The van der Waals surface area contributed by atoms with Crippen molar-refractivity contribution >= 4 is 65.3 Å². The Morgan fingerprint density at radius 2 is 1.11 bits per heavy atom. The second-order valence-electron chi connectivity index (χ2n) is 13.6. The van der Waals surface area contributed by atoms with Gasteiger partial charge >= 0.3 is 0 Å². The lowest BCUT2D eigenvalue weighted by Crippen LogP contribution is -1.94. The van der Waals surface area contributed by atoms with Gasteiger partial charge in [0.1, 0.15) is 0 Å². The third-order valence-corrected chi connectivity index (χ3v) is 10.6.